The van der Waals surface area contributed by atoms with Gasteiger partial charge in [-0.05, 0) is 55.2 Å². The molecule has 1 fully saturated rings. The van der Waals surface area contributed by atoms with Crippen LogP contribution in [0.5, 0.6) is 0 Å². The first-order valence-corrected chi connectivity index (χ1v) is 12.5. The molecule has 34 heavy (non-hydrogen) atoms. The van der Waals surface area contributed by atoms with E-state index in [-0.39, 0.29) is 24.1 Å². The first kappa shape index (κ1) is 26.3. The topological polar surface area (TPSA) is 78.5 Å². The largest absolute Gasteiger partial charge is 0.354 e. The lowest BCUT2D eigenvalue weighted by atomic mass is 10.0. The van der Waals surface area contributed by atoms with Gasteiger partial charge in [-0.1, -0.05) is 66.7 Å². The molecule has 1 saturated heterocycles. The van der Waals surface area contributed by atoms with Crippen LogP contribution < -0.4 is 10.6 Å². The maximum atomic E-state index is 13.1. The number of carbonyl (C=O) groups is 3. The predicted molar refractivity (Wildman–Crippen MR) is 136 cm³/mol. The molecule has 6 nitrogen and oxygen atoms in total. The summed E-state index contributed by atoms with van der Waals surface area (Å²) >= 11 is 17.9. The highest BCUT2D eigenvalue weighted by Gasteiger charge is 2.42. The SMILES string of the molecule is CCCC[C@@H](C(=O)NCCc1ccc(Cl)cc1)N1C(=O)CCC1C(=O)Nc1ccc(Cl)c(Cl)c1. The Bertz CT molecular complexity index is 1030. The maximum absolute atomic E-state index is 13.1. The molecular formula is C25H28Cl3N3O3. The Morgan fingerprint density at radius 2 is 1.82 bits per heavy atom. The molecule has 9 heteroatoms. The van der Waals surface area contributed by atoms with E-state index >= 15 is 0 Å². The molecule has 2 aromatic carbocycles. The van der Waals surface area contributed by atoms with Gasteiger partial charge < -0.3 is 15.5 Å². The van der Waals surface area contributed by atoms with Crippen molar-refractivity contribution in [2.24, 2.45) is 0 Å². The molecule has 0 aliphatic carbocycles. The molecule has 1 aliphatic heterocycles. The zero-order chi connectivity index (χ0) is 24.7. The van der Waals surface area contributed by atoms with Crippen molar-refractivity contribution < 1.29 is 14.4 Å². The Morgan fingerprint density at radius 1 is 1.09 bits per heavy atom. The van der Waals surface area contributed by atoms with Gasteiger partial charge in [0, 0.05) is 23.7 Å². The number of carbonyl (C=O) groups excluding carboxylic acids is 3. The zero-order valence-electron chi connectivity index (χ0n) is 19.0. The van der Waals surface area contributed by atoms with Crippen molar-refractivity contribution in [2.45, 2.75) is 57.5 Å². The van der Waals surface area contributed by atoms with Crippen molar-refractivity contribution in [3.8, 4) is 0 Å². The molecule has 2 N–H and O–H groups in total. The van der Waals surface area contributed by atoms with E-state index in [2.05, 4.69) is 10.6 Å². The maximum Gasteiger partial charge on any atom is 0.247 e. The number of rotatable bonds is 10. The van der Waals surface area contributed by atoms with Crippen molar-refractivity contribution in [1.29, 1.82) is 0 Å². The minimum absolute atomic E-state index is 0.191. The highest BCUT2D eigenvalue weighted by Crippen LogP contribution is 2.28. The molecule has 3 rings (SSSR count). The minimum Gasteiger partial charge on any atom is -0.354 e. The van der Waals surface area contributed by atoms with Crippen LogP contribution in [0.3, 0.4) is 0 Å². The third-order valence-electron chi connectivity index (χ3n) is 5.84. The summed E-state index contributed by atoms with van der Waals surface area (Å²) < 4.78 is 0. The van der Waals surface area contributed by atoms with E-state index in [1.54, 1.807) is 18.2 Å². The van der Waals surface area contributed by atoms with E-state index in [0.717, 1.165) is 18.4 Å². The van der Waals surface area contributed by atoms with E-state index in [9.17, 15) is 14.4 Å². The number of nitrogens with one attached hydrogen (secondary N) is 2. The van der Waals surface area contributed by atoms with Crippen LogP contribution in [0.4, 0.5) is 5.69 Å². The van der Waals surface area contributed by atoms with Crippen molar-refractivity contribution >= 4 is 58.2 Å². The second-order valence-corrected chi connectivity index (χ2v) is 9.55. The van der Waals surface area contributed by atoms with Crippen LogP contribution in [0, 0.1) is 0 Å². The summed E-state index contributed by atoms with van der Waals surface area (Å²) in [5.41, 5.74) is 1.53. The third kappa shape index (κ3) is 6.87. The quantitative estimate of drug-likeness (QED) is 0.431. The number of likely N-dealkylation sites (tertiary alicyclic amines) is 1. The van der Waals surface area contributed by atoms with Gasteiger partial charge in [-0.25, -0.2) is 0 Å². The number of anilines is 1. The summed E-state index contributed by atoms with van der Waals surface area (Å²) in [4.78, 5) is 40.5. The number of benzene rings is 2. The summed E-state index contributed by atoms with van der Waals surface area (Å²) in [5, 5.41) is 7.11. The van der Waals surface area contributed by atoms with E-state index in [4.69, 9.17) is 34.8 Å². The van der Waals surface area contributed by atoms with E-state index in [1.807, 2.05) is 31.2 Å². The smallest absolute Gasteiger partial charge is 0.247 e. The summed E-state index contributed by atoms with van der Waals surface area (Å²) in [6, 6.07) is 10.8. The number of hydrogen-bond donors (Lipinski definition) is 2. The summed E-state index contributed by atoms with van der Waals surface area (Å²) in [5.74, 6) is -0.784. The zero-order valence-corrected chi connectivity index (χ0v) is 21.2. The van der Waals surface area contributed by atoms with Gasteiger partial charge in [-0.3, -0.25) is 14.4 Å². The number of nitrogens with zero attached hydrogens (tertiary/aromatic N) is 1. The van der Waals surface area contributed by atoms with Gasteiger partial charge in [0.05, 0.1) is 10.0 Å². The monoisotopic (exact) mass is 523 g/mol. The van der Waals surface area contributed by atoms with Gasteiger partial charge in [0.1, 0.15) is 12.1 Å². The van der Waals surface area contributed by atoms with Gasteiger partial charge in [0.2, 0.25) is 17.7 Å². The number of unbranched alkanes of at least 4 members (excludes halogenated alkanes) is 1. The lowest BCUT2D eigenvalue weighted by molar-refractivity contribution is -0.142. The van der Waals surface area contributed by atoms with Crippen molar-refractivity contribution in [3.63, 3.8) is 0 Å². The summed E-state index contributed by atoms with van der Waals surface area (Å²) in [6.45, 7) is 2.45. The lowest BCUT2D eigenvalue weighted by Gasteiger charge is -2.32. The Labute approximate surface area is 214 Å². The number of halogens is 3. The second-order valence-electron chi connectivity index (χ2n) is 8.30. The lowest BCUT2D eigenvalue weighted by Crippen LogP contribution is -2.54. The molecule has 0 bridgehead atoms. The number of amides is 3. The van der Waals surface area contributed by atoms with Gasteiger partial charge in [0.15, 0.2) is 0 Å². The Balaban J connectivity index is 1.69. The van der Waals surface area contributed by atoms with E-state index in [0.29, 0.717) is 46.6 Å². The molecule has 1 unspecified atom stereocenters. The van der Waals surface area contributed by atoms with E-state index < -0.39 is 12.1 Å². The molecule has 1 heterocycles. The highest BCUT2D eigenvalue weighted by atomic mass is 35.5. The highest BCUT2D eigenvalue weighted by molar-refractivity contribution is 6.42. The molecule has 2 atom stereocenters. The van der Waals surface area contributed by atoms with Crippen molar-refractivity contribution in [1.82, 2.24) is 10.2 Å². The van der Waals surface area contributed by atoms with Crippen LogP contribution in [-0.4, -0.2) is 41.2 Å². The van der Waals surface area contributed by atoms with Crippen LogP contribution in [0.1, 0.15) is 44.6 Å². The first-order chi connectivity index (χ1) is 16.3. The fraction of sp³-hybridized carbons (Fsp3) is 0.400. The molecule has 0 aromatic heterocycles. The van der Waals surface area contributed by atoms with Crippen molar-refractivity contribution in [2.75, 3.05) is 11.9 Å². The molecular weight excluding hydrogens is 497 g/mol. The third-order valence-corrected chi connectivity index (χ3v) is 6.83. The van der Waals surface area contributed by atoms with Crippen LogP contribution in [0.2, 0.25) is 15.1 Å². The van der Waals surface area contributed by atoms with Crippen LogP contribution in [0.15, 0.2) is 42.5 Å². The summed E-state index contributed by atoms with van der Waals surface area (Å²) in [6.07, 6.45) is 3.34. The molecule has 0 spiro atoms. The fourth-order valence-corrected chi connectivity index (χ4v) is 4.47. The van der Waals surface area contributed by atoms with Gasteiger partial charge in [0.25, 0.3) is 0 Å². The molecule has 2 aromatic rings. The Hall–Kier alpha value is -2.28. The van der Waals surface area contributed by atoms with Gasteiger partial charge >= 0.3 is 0 Å². The average Bonchev–Trinajstić information content (AvgIpc) is 3.19. The van der Waals surface area contributed by atoms with Gasteiger partial charge in [-0.15, -0.1) is 0 Å². The molecule has 3 amide bonds. The van der Waals surface area contributed by atoms with E-state index in [1.165, 1.54) is 4.90 Å². The Kier molecular flexibility index (Phi) is 9.63. The van der Waals surface area contributed by atoms with Gasteiger partial charge in [-0.2, -0.15) is 0 Å². The average molecular weight is 525 g/mol. The van der Waals surface area contributed by atoms with Crippen LogP contribution in [-0.2, 0) is 20.8 Å². The fourth-order valence-electron chi connectivity index (χ4n) is 4.04. The standard InChI is InChI=1S/C25H28Cl3N3O3/c1-2-3-4-21(24(33)29-14-13-16-5-7-17(26)8-6-16)31-22(11-12-23(31)32)25(34)30-18-9-10-19(27)20(28)15-18/h5-10,15,21-22H,2-4,11-14H2,1H3,(H,29,33)(H,30,34)/t21-,22?/m0/s1. The predicted octanol–water partition coefficient (Wildman–Crippen LogP) is 5.49. The second kappa shape index (κ2) is 12.4. The summed E-state index contributed by atoms with van der Waals surface area (Å²) in [7, 11) is 0. The molecule has 182 valence electrons. The minimum atomic E-state index is -0.731. The van der Waals surface area contributed by atoms with Crippen molar-refractivity contribution in [3.05, 3.63) is 63.1 Å². The first-order valence-electron chi connectivity index (χ1n) is 11.4. The molecule has 0 radical (unpaired) electrons. The van der Waals surface area contributed by atoms with Crippen LogP contribution in [0.25, 0.3) is 0 Å². The number of hydrogen-bond acceptors (Lipinski definition) is 3. The molecule has 0 saturated carbocycles. The van der Waals surface area contributed by atoms with Crippen LogP contribution >= 0.6 is 34.8 Å². The normalized spacial score (nSPS) is 16.4. The Morgan fingerprint density at radius 3 is 2.50 bits per heavy atom. The molecule has 1 aliphatic rings.